The third kappa shape index (κ3) is 2.55. The summed E-state index contributed by atoms with van der Waals surface area (Å²) in [5.74, 6) is 0. The topological polar surface area (TPSA) is 47.7 Å². The molecule has 1 N–H and O–H groups in total. The Balaban J connectivity index is 2.06. The van der Waals surface area contributed by atoms with Crippen molar-refractivity contribution in [2.45, 2.75) is 39.8 Å². The van der Waals surface area contributed by atoms with Crippen LogP contribution in [0.15, 0.2) is 18.5 Å². The Hall–Kier alpha value is -1.78. The van der Waals surface area contributed by atoms with Crippen molar-refractivity contribution in [2.24, 2.45) is 7.05 Å². The predicted octanol–water partition coefficient (Wildman–Crippen LogP) is 2.51. The molecule has 0 aliphatic carbocycles. The molecule has 0 radical (unpaired) electrons. The molecule has 2 rings (SSSR count). The molecule has 0 saturated heterocycles. The lowest BCUT2D eigenvalue weighted by molar-refractivity contribution is 0.462. The van der Waals surface area contributed by atoms with Crippen LogP contribution in [-0.2, 0) is 13.6 Å². The standard InChI is InChI=1S/C13H21N5/c1-5-10(2)18-12(6-7-15-18)8-14-13-9-17(4)16-11(13)3/h6-7,9-10,14H,5,8H2,1-4H3. The smallest absolute Gasteiger partial charge is 0.0825 e. The first-order chi connectivity index (χ1) is 8.61. The lowest BCUT2D eigenvalue weighted by Gasteiger charge is -2.14. The summed E-state index contributed by atoms with van der Waals surface area (Å²) in [7, 11) is 1.93. The predicted molar refractivity (Wildman–Crippen MR) is 72.5 cm³/mol. The molecule has 98 valence electrons. The first-order valence-electron chi connectivity index (χ1n) is 6.38. The zero-order chi connectivity index (χ0) is 13.1. The van der Waals surface area contributed by atoms with Gasteiger partial charge in [0.15, 0.2) is 0 Å². The molecule has 0 amide bonds. The second kappa shape index (κ2) is 5.25. The third-order valence-electron chi connectivity index (χ3n) is 3.23. The Morgan fingerprint density at radius 2 is 2.22 bits per heavy atom. The summed E-state index contributed by atoms with van der Waals surface area (Å²) < 4.78 is 3.91. The maximum Gasteiger partial charge on any atom is 0.0825 e. The number of rotatable bonds is 5. The molecule has 2 aromatic rings. The van der Waals surface area contributed by atoms with Crippen LogP contribution in [0.25, 0.3) is 0 Å². The van der Waals surface area contributed by atoms with Crippen molar-refractivity contribution < 1.29 is 0 Å². The van der Waals surface area contributed by atoms with Crippen LogP contribution < -0.4 is 5.32 Å². The van der Waals surface area contributed by atoms with Crippen LogP contribution in [0, 0.1) is 6.92 Å². The minimum Gasteiger partial charge on any atom is -0.377 e. The lowest BCUT2D eigenvalue weighted by atomic mass is 10.2. The molecular formula is C13H21N5. The monoisotopic (exact) mass is 247 g/mol. The molecule has 0 aliphatic heterocycles. The quantitative estimate of drug-likeness (QED) is 0.883. The van der Waals surface area contributed by atoms with Crippen molar-refractivity contribution in [1.82, 2.24) is 19.6 Å². The van der Waals surface area contributed by atoms with Crippen LogP contribution in [0.4, 0.5) is 5.69 Å². The molecular weight excluding hydrogens is 226 g/mol. The van der Waals surface area contributed by atoms with E-state index in [2.05, 4.69) is 40.1 Å². The first-order valence-corrected chi connectivity index (χ1v) is 6.38. The molecule has 0 aliphatic rings. The molecule has 2 heterocycles. The third-order valence-corrected chi connectivity index (χ3v) is 3.23. The molecule has 1 atom stereocenters. The normalized spacial score (nSPS) is 12.7. The Morgan fingerprint density at radius 1 is 1.44 bits per heavy atom. The van der Waals surface area contributed by atoms with Crippen LogP contribution >= 0.6 is 0 Å². The van der Waals surface area contributed by atoms with E-state index in [1.807, 2.05) is 31.0 Å². The fraction of sp³-hybridized carbons (Fsp3) is 0.538. The van der Waals surface area contributed by atoms with E-state index in [9.17, 15) is 0 Å². The molecule has 18 heavy (non-hydrogen) atoms. The molecule has 0 fully saturated rings. The van der Waals surface area contributed by atoms with E-state index >= 15 is 0 Å². The van der Waals surface area contributed by atoms with Gasteiger partial charge in [-0.15, -0.1) is 0 Å². The molecule has 0 bridgehead atoms. The summed E-state index contributed by atoms with van der Waals surface area (Å²) in [4.78, 5) is 0. The maximum absolute atomic E-state index is 4.38. The zero-order valence-corrected chi connectivity index (χ0v) is 11.5. The molecule has 0 saturated carbocycles. The van der Waals surface area contributed by atoms with E-state index in [-0.39, 0.29) is 0 Å². The van der Waals surface area contributed by atoms with Gasteiger partial charge in [-0.2, -0.15) is 10.2 Å². The van der Waals surface area contributed by atoms with Gasteiger partial charge in [0.1, 0.15) is 0 Å². The Bertz CT molecular complexity index is 511. The minimum absolute atomic E-state index is 0.437. The van der Waals surface area contributed by atoms with Gasteiger partial charge in [-0.05, 0) is 26.3 Å². The van der Waals surface area contributed by atoms with Gasteiger partial charge in [-0.1, -0.05) is 6.92 Å². The molecule has 2 aromatic heterocycles. The van der Waals surface area contributed by atoms with Crippen molar-refractivity contribution >= 4 is 5.69 Å². The SMILES string of the molecule is CCC(C)n1nccc1CNc1cn(C)nc1C. The summed E-state index contributed by atoms with van der Waals surface area (Å²) >= 11 is 0. The maximum atomic E-state index is 4.38. The number of hydrogen-bond acceptors (Lipinski definition) is 3. The van der Waals surface area contributed by atoms with Crippen molar-refractivity contribution in [2.75, 3.05) is 5.32 Å². The highest BCUT2D eigenvalue weighted by atomic mass is 15.3. The van der Waals surface area contributed by atoms with Gasteiger partial charge >= 0.3 is 0 Å². The fourth-order valence-corrected chi connectivity index (χ4v) is 2.01. The molecule has 0 aromatic carbocycles. The fourth-order valence-electron chi connectivity index (χ4n) is 2.01. The van der Waals surface area contributed by atoms with Gasteiger partial charge in [0.05, 0.1) is 23.6 Å². The molecule has 0 spiro atoms. The van der Waals surface area contributed by atoms with Gasteiger partial charge in [0, 0.05) is 25.5 Å². The van der Waals surface area contributed by atoms with Gasteiger partial charge in [-0.25, -0.2) is 0 Å². The summed E-state index contributed by atoms with van der Waals surface area (Å²) in [5.41, 5.74) is 3.30. The van der Waals surface area contributed by atoms with E-state index in [0.717, 1.165) is 24.3 Å². The van der Waals surface area contributed by atoms with E-state index in [1.54, 1.807) is 0 Å². The van der Waals surface area contributed by atoms with Crippen molar-refractivity contribution in [3.63, 3.8) is 0 Å². The minimum atomic E-state index is 0.437. The van der Waals surface area contributed by atoms with Gasteiger partial charge in [0.2, 0.25) is 0 Å². The summed E-state index contributed by atoms with van der Waals surface area (Å²) in [5, 5.41) is 12.1. The van der Waals surface area contributed by atoms with Crippen LogP contribution in [0.2, 0.25) is 0 Å². The number of hydrogen-bond donors (Lipinski definition) is 1. The number of anilines is 1. The largest absolute Gasteiger partial charge is 0.377 e. The zero-order valence-electron chi connectivity index (χ0n) is 11.5. The lowest BCUT2D eigenvalue weighted by Crippen LogP contribution is -2.12. The Kier molecular flexibility index (Phi) is 3.69. The molecule has 1 unspecified atom stereocenters. The van der Waals surface area contributed by atoms with Gasteiger partial charge in [-0.3, -0.25) is 9.36 Å². The summed E-state index contributed by atoms with van der Waals surface area (Å²) in [6.07, 6.45) is 4.94. The van der Waals surface area contributed by atoms with E-state index in [1.165, 1.54) is 5.69 Å². The van der Waals surface area contributed by atoms with E-state index < -0.39 is 0 Å². The highest BCUT2D eigenvalue weighted by molar-refractivity contribution is 5.45. The van der Waals surface area contributed by atoms with Crippen LogP contribution in [0.1, 0.15) is 37.7 Å². The average molecular weight is 247 g/mol. The second-order valence-electron chi connectivity index (χ2n) is 4.68. The van der Waals surface area contributed by atoms with Crippen molar-refractivity contribution in [3.8, 4) is 0 Å². The van der Waals surface area contributed by atoms with Gasteiger partial charge in [0.25, 0.3) is 0 Å². The number of nitrogens with one attached hydrogen (secondary N) is 1. The Morgan fingerprint density at radius 3 is 2.83 bits per heavy atom. The average Bonchev–Trinajstić information content (AvgIpc) is 2.92. The van der Waals surface area contributed by atoms with Crippen molar-refractivity contribution in [1.29, 1.82) is 0 Å². The number of aryl methyl sites for hydroxylation is 2. The Labute approximate surface area is 108 Å². The number of aromatic nitrogens is 4. The van der Waals surface area contributed by atoms with E-state index in [0.29, 0.717) is 6.04 Å². The van der Waals surface area contributed by atoms with Crippen LogP contribution in [0.5, 0.6) is 0 Å². The van der Waals surface area contributed by atoms with Crippen LogP contribution in [-0.4, -0.2) is 19.6 Å². The van der Waals surface area contributed by atoms with Crippen molar-refractivity contribution in [3.05, 3.63) is 29.8 Å². The van der Waals surface area contributed by atoms with E-state index in [4.69, 9.17) is 0 Å². The first kappa shape index (κ1) is 12.7. The summed E-state index contributed by atoms with van der Waals surface area (Å²) in [6, 6.07) is 2.50. The van der Waals surface area contributed by atoms with Crippen LogP contribution in [0.3, 0.4) is 0 Å². The van der Waals surface area contributed by atoms with Gasteiger partial charge < -0.3 is 5.32 Å². The molecule has 5 heteroatoms. The number of nitrogens with zero attached hydrogens (tertiary/aromatic N) is 4. The highest BCUT2D eigenvalue weighted by Crippen LogP contribution is 2.16. The second-order valence-corrected chi connectivity index (χ2v) is 4.68. The summed E-state index contributed by atoms with van der Waals surface area (Å²) in [6.45, 7) is 7.14. The highest BCUT2D eigenvalue weighted by Gasteiger charge is 2.09. The molecule has 5 nitrogen and oxygen atoms in total.